The van der Waals surface area contributed by atoms with Crippen LogP contribution in [-0.2, 0) is 12.6 Å². The fourth-order valence-electron chi connectivity index (χ4n) is 1.22. The van der Waals surface area contributed by atoms with E-state index in [9.17, 15) is 26.7 Å². The highest BCUT2D eigenvalue weighted by Crippen LogP contribution is 2.30. The van der Waals surface area contributed by atoms with Crippen molar-refractivity contribution in [3.05, 3.63) is 33.2 Å². The molecule has 1 aromatic rings. The van der Waals surface area contributed by atoms with E-state index in [4.69, 9.17) is 5.26 Å². The topological polar surface area (TPSA) is 56.6 Å². The molecule has 0 spiro atoms. The van der Waals surface area contributed by atoms with Gasteiger partial charge in [0.15, 0.2) is 0 Å². The Balaban J connectivity index is 3.48. The van der Waals surface area contributed by atoms with Gasteiger partial charge in [-0.2, -0.15) is 18.4 Å². The van der Waals surface area contributed by atoms with Crippen LogP contribution in [0.25, 0.3) is 0 Å². The summed E-state index contributed by atoms with van der Waals surface area (Å²) in [6.07, 6.45) is -8.84. The van der Waals surface area contributed by atoms with Gasteiger partial charge in [-0.3, -0.25) is 4.79 Å². The molecule has 0 aromatic carbocycles. The number of rotatable bonds is 2. The highest BCUT2D eigenvalue weighted by molar-refractivity contribution is 5.31. The van der Waals surface area contributed by atoms with Crippen molar-refractivity contribution in [2.45, 2.75) is 19.0 Å². The number of hydrogen-bond donors (Lipinski definition) is 1. The van der Waals surface area contributed by atoms with E-state index in [0.29, 0.717) is 0 Å². The Labute approximate surface area is 91.5 Å². The van der Waals surface area contributed by atoms with E-state index < -0.39 is 41.4 Å². The molecule has 0 aliphatic carbocycles. The molecule has 0 radical (unpaired) electrons. The summed E-state index contributed by atoms with van der Waals surface area (Å²) in [4.78, 5) is 12.6. The monoisotopic (exact) mass is 252 g/mol. The summed E-state index contributed by atoms with van der Waals surface area (Å²) in [5.41, 5.74) is -4.59. The summed E-state index contributed by atoms with van der Waals surface area (Å²) in [6, 6.07) is 1.60. The number of aromatic nitrogens is 1. The van der Waals surface area contributed by atoms with Crippen LogP contribution in [-0.4, -0.2) is 4.98 Å². The molecule has 0 unspecified atom stereocenters. The number of hydrogen-bond acceptors (Lipinski definition) is 2. The number of nitrogens with zero attached hydrogens (tertiary/aromatic N) is 1. The zero-order valence-corrected chi connectivity index (χ0v) is 8.11. The molecule has 0 amide bonds. The number of H-pyrrole nitrogens is 1. The number of nitriles is 1. The molecule has 0 bridgehead atoms. The van der Waals surface area contributed by atoms with Gasteiger partial charge in [0, 0.05) is 11.1 Å². The van der Waals surface area contributed by atoms with Crippen LogP contribution in [0.5, 0.6) is 0 Å². The van der Waals surface area contributed by atoms with Crippen LogP contribution in [0.4, 0.5) is 22.0 Å². The van der Waals surface area contributed by atoms with Crippen molar-refractivity contribution in [1.82, 2.24) is 4.98 Å². The van der Waals surface area contributed by atoms with Crippen LogP contribution >= 0.6 is 0 Å². The Hall–Kier alpha value is -1.91. The second kappa shape index (κ2) is 4.53. The summed E-state index contributed by atoms with van der Waals surface area (Å²) in [7, 11) is 0. The molecule has 8 heteroatoms. The van der Waals surface area contributed by atoms with Crippen molar-refractivity contribution in [3.8, 4) is 6.07 Å². The van der Waals surface area contributed by atoms with Gasteiger partial charge in [0.1, 0.15) is 5.69 Å². The molecule has 1 aromatic heterocycles. The third kappa shape index (κ3) is 2.81. The third-order valence-corrected chi connectivity index (χ3v) is 1.97. The number of aromatic amines is 1. The molecule has 0 aliphatic rings. The summed E-state index contributed by atoms with van der Waals surface area (Å²) in [5, 5.41) is 8.31. The lowest BCUT2D eigenvalue weighted by Crippen LogP contribution is -2.22. The van der Waals surface area contributed by atoms with E-state index in [0.717, 1.165) is 0 Å². The maximum Gasteiger partial charge on any atom is 0.431 e. The molecule has 0 saturated carbocycles. The molecular formula is C9H5F5N2O. The van der Waals surface area contributed by atoms with Crippen molar-refractivity contribution >= 4 is 0 Å². The molecule has 0 aliphatic heterocycles. The quantitative estimate of drug-likeness (QED) is 0.821. The summed E-state index contributed by atoms with van der Waals surface area (Å²) in [6.45, 7) is 0. The lowest BCUT2D eigenvalue weighted by Gasteiger charge is -2.10. The Kier molecular flexibility index (Phi) is 3.50. The SMILES string of the molecule is N#CCc1c(C(F)F)cc(C(F)(F)F)[nH]c1=O. The van der Waals surface area contributed by atoms with Gasteiger partial charge >= 0.3 is 6.18 Å². The minimum Gasteiger partial charge on any atom is -0.318 e. The second-order valence-corrected chi connectivity index (χ2v) is 3.08. The van der Waals surface area contributed by atoms with E-state index in [-0.39, 0.29) is 6.07 Å². The predicted octanol–water partition coefficient (Wildman–Crippen LogP) is 2.40. The maximum atomic E-state index is 12.5. The highest BCUT2D eigenvalue weighted by atomic mass is 19.4. The maximum absolute atomic E-state index is 12.5. The van der Waals surface area contributed by atoms with Crippen LogP contribution in [0, 0.1) is 11.3 Å². The van der Waals surface area contributed by atoms with Gasteiger partial charge in [-0.15, -0.1) is 0 Å². The highest BCUT2D eigenvalue weighted by Gasteiger charge is 2.34. The van der Waals surface area contributed by atoms with E-state index in [2.05, 4.69) is 0 Å². The van der Waals surface area contributed by atoms with Crippen molar-refractivity contribution < 1.29 is 22.0 Å². The van der Waals surface area contributed by atoms with E-state index in [1.54, 1.807) is 0 Å². The molecule has 92 valence electrons. The largest absolute Gasteiger partial charge is 0.431 e. The van der Waals surface area contributed by atoms with Gasteiger partial charge in [-0.1, -0.05) is 0 Å². The fourth-order valence-corrected chi connectivity index (χ4v) is 1.22. The van der Waals surface area contributed by atoms with Crippen molar-refractivity contribution in [2.75, 3.05) is 0 Å². The Morgan fingerprint density at radius 2 is 2.00 bits per heavy atom. The van der Waals surface area contributed by atoms with Gasteiger partial charge in [-0.25, -0.2) is 8.78 Å². The fraction of sp³-hybridized carbons (Fsp3) is 0.333. The van der Waals surface area contributed by atoms with Gasteiger partial charge in [0.2, 0.25) is 0 Å². The molecule has 1 N–H and O–H groups in total. The third-order valence-electron chi connectivity index (χ3n) is 1.97. The van der Waals surface area contributed by atoms with Gasteiger partial charge in [0.25, 0.3) is 12.0 Å². The molecule has 0 fully saturated rings. The minimum absolute atomic E-state index is 0.152. The van der Waals surface area contributed by atoms with Crippen LogP contribution in [0.3, 0.4) is 0 Å². The molecular weight excluding hydrogens is 247 g/mol. The number of halogens is 5. The average Bonchev–Trinajstić information content (AvgIpc) is 2.18. The summed E-state index contributed by atoms with van der Waals surface area (Å²) >= 11 is 0. The lowest BCUT2D eigenvalue weighted by molar-refractivity contribution is -0.141. The Morgan fingerprint density at radius 1 is 1.41 bits per heavy atom. The minimum atomic E-state index is -4.92. The molecule has 0 saturated heterocycles. The standard InChI is InChI=1S/C9H5F5N2O/c10-7(11)5-3-6(9(12,13)14)16-8(17)4(5)1-2-15/h3,7H,1H2,(H,16,17). The predicted molar refractivity (Wildman–Crippen MR) is 46.3 cm³/mol. The second-order valence-electron chi connectivity index (χ2n) is 3.08. The van der Waals surface area contributed by atoms with E-state index >= 15 is 0 Å². The molecule has 17 heavy (non-hydrogen) atoms. The Bertz CT molecular complexity index is 512. The van der Waals surface area contributed by atoms with Crippen molar-refractivity contribution in [2.24, 2.45) is 0 Å². The van der Waals surface area contributed by atoms with Gasteiger partial charge in [0.05, 0.1) is 12.5 Å². The van der Waals surface area contributed by atoms with Crippen LogP contribution in [0.1, 0.15) is 23.2 Å². The molecule has 1 rings (SSSR count). The molecule has 3 nitrogen and oxygen atoms in total. The van der Waals surface area contributed by atoms with Crippen LogP contribution in [0.2, 0.25) is 0 Å². The first kappa shape index (κ1) is 13.2. The molecule has 1 heterocycles. The number of nitrogens with one attached hydrogen (secondary N) is 1. The van der Waals surface area contributed by atoms with Crippen LogP contribution < -0.4 is 5.56 Å². The Morgan fingerprint density at radius 3 is 2.41 bits per heavy atom. The first-order chi connectivity index (χ1) is 7.77. The van der Waals surface area contributed by atoms with E-state index in [1.165, 1.54) is 11.1 Å². The van der Waals surface area contributed by atoms with Crippen molar-refractivity contribution in [1.29, 1.82) is 5.26 Å². The first-order valence-corrected chi connectivity index (χ1v) is 4.25. The van der Waals surface area contributed by atoms with E-state index in [1.807, 2.05) is 0 Å². The zero-order chi connectivity index (χ0) is 13.2. The number of pyridine rings is 1. The van der Waals surface area contributed by atoms with Crippen molar-refractivity contribution in [3.63, 3.8) is 0 Å². The van der Waals surface area contributed by atoms with Gasteiger partial charge < -0.3 is 4.98 Å². The normalized spacial score (nSPS) is 11.6. The average molecular weight is 252 g/mol. The molecule has 0 atom stereocenters. The summed E-state index contributed by atoms with van der Waals surface area (Å²) < 4.78 is 61.7. The number of alkyl halides is 5. The van der Waals surface area contributed by atoms with Gasteiger partial charge in [-0.05, 0) is 6.07 Å². The van der Waals surface area contributed by atoms with Crippen LogP contribution in [0.15, 0.2) is 10.9 Å². The lowest BCUT2D eigenvalue weighted by atomic mass is 10.1. The first-order valence-electron chi connectivity index (χ1n) is 4.25. The zero-order valence-electron chi connectivity index (χ0n) is 8.11. The summed E-state index contributed by atoms with van der Waals surface area (Å²) in [5.74, 6) is 0. The smallest absolute Gasteiger partial charge is 0.318 e.